The minimum atomic E-state index is 0.774. The van der Waals surface area contributed by atoms with E-state index in [2.05, 4.69) is 43.9 Å². The highest BCUT2D eigenvalue weighted by atomic mass is 15.1. The van der Waals surface area contributed by atoms with Crippen molar-refractivity contribution in [1.82, 2.24) is 4.90 Å². The zero-order chi connectivity index (χ0) is 10.8. The van der Waals surface area contributed by atoms with E-state index >= 15 is 0 Å². The van der Waals surface area contributed by atoms with Crippen molar-refractivity contribution in [2.75, 3.05) is 13.1 Å². The van der Waals surface area contributed by atoms with E-state index in [1.807, 2.05) is 0 Å². The molecule has 1 aliphatic heterocycles. The molecular weight excluding hydrogens is 182 g/mol. The van der Waals surface area contributed by atoms with Gasteiger partial charge >= 0.3 is 0 Å². The van der Waals surface area contributed by atoms with Crippen LogP contribution in [0.15, 0.2) is 18.2 Å². The lowest BCUT2D eigenvalue weighted by atomic mass is 9.97. The van der Waals surface area contributed by atoms with Crippen LogP contribution in [0.25, 0.3) is 0 Å². The topological polar surface area (TPSA) is 3.24 Å². The van der Waals surface area contributed by atoms with E-state index in [4.69, 9.17) is 0 Å². The number of nitrogens with zero attached hydrogens (tertiary/aromatic N) is 1. The molecule has 0 spiro atoms. The zero-order valence-corrected chi connectivity index (χ0v) is 10.1. The zero-order valence-electron chi connectivity index (χ0n) is 10.1. The van der Waals surface area contributed by atoms with Gasteiger partial charge in [0.25, 0.3) is 0 Å². The molecule has 0 N–H and O–H groups in total. The normalized spacial score (nSPS) is 16.8. The molecule has 82 valence electrons. The second-order valence-corrected chi connectivity index (χ2v) is 5.15. The van der Waals surface area contributed by atoms with E-state index in [9.17, 15) is 0 Å². The molecule has 1 aromatic rings. The maximum Gasteiger partial charge on any atom is 0.0236 e. The fourth-order valence-corrected chi connectivity index (χ4v) is 2.42. The van der Waals surface area contributed by atoms with Crippen LogP contribution in [-0.2, 0) is 13.0 Å². The third-order valence-corrected chi connectivity index (χ3v) is 3.08. The number of fused-ring (bicyclic) bond motifs is 1. The lowest BCUT2D eigenvalue weighted by molar-refractivity contribution is 0.226. The molecule has 1 aliphatic rings. The molecule has 0 radical (unpaired) electrons. The fourth-order valence-electron chi connectivity index (χ4n) is 2.42. The molecule has 0 atom stereocenters. The summed E-state index contributed by atoms with van der Waals surface area (Å²) < 4.78 is 0. The molecule has 1 nitrogen and oxygen atoms in total. The highest BCUT2D eigenvalue weighted by molar-refractivity contribution is 5.33. The third kappa shape index (κ3) is 2.60. The number of rotatable bonds is 2. The summed E-state index contributed by atoms with van der Waals surface area (Å²) in [6.07, 6.45) is 1.22. The second kappa shape index (κ2) is 4.36. The molecule has 0 aliphatic carbocycles. The maximum absolute atomic E-state index is 2.58. The summed E-state index contributed by atoms with van der Waals surface area (Å²) in [5, 5.41) is 0. The van der Waals surface area contributed by atoms with E-state index in [-0.39, 0.29) is 0 Å². The van der Waals surface area contributed by atoms with Gasteiger partial charge in [0, 0.05) is 19.6 Å². The Morgan fingerprint density at radius 3 is 2.80 bits per heavy atom. The Bertz CT molecular complexity index is 341. The van der Waals surface area contributed by atoms with E-state index in [0.717, 1.165) is 12.5 Å². The Kier molecular flexibility index (Phi) is 3.11. The SMILES string of the molecule is Cc1ccc2c(c1)CN(CC(C)C)CC2. The molecule has 1 heteroatoms. The van der Waals surface area contributed by atoms with Gasteiger partial charge in [-0.05, 0) is 30.4 Å². The molecule has 0 fully saturated rings. The average Bonchev–Trinajstić information content (AvgIpc) is 2.16. The first-order valence-electron chi connectivity index (χ1n) is 5.96. The average molecular weight is 203 g/mol. The maximum atomic E-state index is 2.58. The first kappa shape index (κ1) is 10.7. The Balaban J connectivity index is 2.11. The van der Waals surface area contributed by atoms with Crippen LogP contribution in [0.4, 0.5) is 0 Å². The molecule has 0 aromatic heterocycles. The summed E-state index contributed by atoms with van der Waals surface area (Å²) >= 11 is 0. The molecule has 0 bridgehead atoms. The van der Waals surface area contributed by atoms with Crippen LogP contribution in [0.1, 0.15) is 30.5 Å². The molecule has 15 heavy (non-hydrogen) atoms. The van der Waals surface area contributed by atoms with Gasteiger partial charge < -0.3 is 0 Å². The quantitative estimate of drug-likeness (QED) is 0.714. The van der Waals surface area contributed by atoms with Crippen molar-refractivity contribution >= 4 is 0 Å². The minimum Gasteiger partial charge on any atom is -0.298 e. The molecule has 0 saturated carbocycles. The smallest absolute Gasteiger partial charge is 0.0236 e. The van der Waals surface area contributed by atoms with Gasteiger partial charge in [-0.15, -0.1) is 0 Å². The van der Waals surface area contributed by atoms with Gasteiger partial charge in [0.2, 0.25) is 0 Å². The number of hydrogen-bond donors (Lipinski definition) is 0. The summed E-state index contributed by atoms with van der Waals surface area (Å²) in [5.74, 6) is 0.774. The Hall–Kier alpha value is -0.820. The van der Waals surface area contributed by atoms with E-state index in [1.54, 1.807) is 11.1 Å². The first-order chi connectivity index (χ1) is 7.15. The summed E-state index contributed by atoms with van der Waals surface area (Å²) in [6.45, 7) is 10.4. The van der Waals surface area contributed by atoms with Crippen LogP contribution in [0.2, 0.25) is 0 Å². The number of benzene rings is 1. The number of hydrogen-bond acceptors (Lipinski definition) is 1. The third-order valence-electron chi connectivity index (χ3n) is 3.08. The molecular formula is C14H21N. The second-order valence-electron chi connectivity index (χ2n) is 5.15. The number of aryl methyl sites for hydroxylation is 1. The van der Waals surface area contributed by atoms with Crippen molar-refractivity contribution in [2.24, 2.45) is 5.92 Å². The van der Waals surface area contributed by atoms with Gasteiger partial charge in [-0.25, -0.2) is 0 Å². The van der Waals surface area contributed by atoms with Crippen LogP contribution in [0.5, 0.6) is 0 Å². The summed E-state index contributed by atoms with van der Waals surface area (Å²) in [6, 6.07) is 6.89. The lowest BCUT2D eigenvalue weighted by Crippen LogP contribution is -2.33. The lowest BCUT2D eigenvalue weighted by Gasteiger charge is -2.30. The fraction of sp³-hybridized carbons (Fsp3) is 0.571. The van der Waals surface area contributed by atoms with E-state index in [1.165, 1.54) is 25.1 Å². The summed E-state index contributed by atoms with van der Waals surface area (Å²) in [7, 11) is 0. The molecule has 1 heterocycles. The van der Waals surface area contributed by atoms with Gasteiger partial charge in [-0.1, -0.05) is 37.6 Å². The molecule has 0 saturated heterocycles. The van der Waals surface area contributed by atoms with Gasteiger partial charge in [0.05, 0.1) is 0 Å². The van der Waals surface area contributed by atoms with Gasteiger partial charge in [-0.2, -0.15) is 0 Å². The van der Waals surface area contributed by atoms with Crippen LogP contribution < -0.4 is 0 Å². The van der Waals surface area contributed by atoms with Crippen LogP contribution in [0.3, 0.4) is 0 Å². The highest BCUT2D eigenvalue weighted by Gasteiger charge is 2.16. The van der Waals surface area contributed by atoms with Crippen LogP contribution in [-0.4, -0.2) is 18.0 Å². The van der Waals surface area contributed by atoms with Gasteiger partial charge in [-0.3, -0.25) is 4.90 Å². The van der Waals surface area contributed by atoms with Crippen molar-refractivity contribution in [1.29, 1.82) is 0 Å². The Morgan fingerprint density at radius 2 is 2.07 bits per heavy atom. The van der Waals surface area contributed by atoms with E-state index < -0.39 is 0 Å². The monoisotopic (exact) mass is 203 g/mol. The standard InChI is InChI=1S/C14H21N/c1-11(2)9-15-7-6-13-5-4-12(3)8-14(13)10-15/h4-5,8,11H,6-7,9-10H2,1-3H3. The molecule has 1 aromatic carbocycles. The van der Waals surface area contributed by atoms with Gasteiger partial charge in [0.1, 0.15) is 0 Å². The van der Waals surface area contributed by atoms with Gasteiger partial charge in [0.15, 0.2) is 0 Å². The van der Waals surface area contributed by atoms with Crippen LogP contribution in [0, 0.1) is 12.8 Å². The van der Waals surface area contributed by atoms with Crippen molar-refractivity contribution in [3.8, 4) is 0 Å². The predicted molar refractivity (Wildman–Crippen MR) is 65.0 cm³/mol. The van der Waals surface area contributed by atoms with Crippen molar-refractivity contribution in [3.63, 3.8) is 0 Å². The van der Waals surface area contributed by atoms with E-state index in [0.29, 0.717) is 0 Å². The highest BCUT2D eigenvalue weighted by Crippen LogP contribution is 2.20. The molecule has 2 rings (SSSR count). The summed E-state index contributed by atoms with van der Waals surface area (Å²) in [5.41, 5.74) is 4.49. The molecule has 0 unspecified atom stereocenters. The Labute approximate surface area is 93.1 Å². The van der Waals surface area contributed by atoms with Crippen LogP contribution >= 0.6 is 0 Å². The van der Waals surface area contributed by atoms with Crippen molar-refractivity contribution in [3.05, 3.63) is 34.9 Å². The Morgan fingerprint density at radius 1 is 1.27 bits per heavy atom. The summed E-state index contributed by atoms with van der Waals surface area (Å²) in [4.78, 5) is 2.58. The van der Waals surface area contributed by atoms with Crippen molar-refractivity contribution in [2.45, 2.75) is 33.7 Å². The minimum absolute atomic E-state index is 0.774. The predicted octanol–water partition coefficient (Wildman–Crippen LogP) is 3.01. The first-order valence-corrected chi connectivity index (χ1v) is 5.96. The molecule has 0 amide bonds. The largest absolute Gasteiger partial charge is 0.298 e. The van der Waals surface area contributed by atoms with Crippen molar-refractivity contribution < 1.29 is 0 Å².